The molecule has 0 radical (unpaired) electrons. The average Bonchev–Trinajstić information content (AvgIpc) is 2.53. The van der Waals surface area contributed by atoms with Crippen molar-refractivity contribution in [3.63, 3.8) is 0 Å². The van der Waals surface area contributed by atoms with Crippen molar-refractivity contribution in [2.75, 3.05) is 13.2 Å². The van der Waals surface area contributed by atoms with Crippen molar-refractivity contribution in [3.8, 4) is 5.75 Å². The van der Waals surface area contributed by atoms with E-state index in [1.54, 1.807) is 24.3 Å². The summed E-state index contributed by atoms with van der Waals surface area (Å²) in [5.74, 6) is 0.579. The van der Waals surface area contributed by atoms with Crippen LogP contribution in [0.25, 0.3) is 0 Å². The van der Waals surface area contributed by atoms with Gasteiger partial charge in [0.05, 0.1) is 6.54 Å². The van der Waals surface area contributed by atoms with E-state index in [2.05, 4.69) is 10.6 Å². The van der Waals surface area contributed by atoms with Gasteiger partial charge in [-0.05, 0) is 36.5 Å². The molecular weight excluding hydrogens is 284 g/mol. The normalized spacial score (nSPS) is 9.71. The molecule has 0 fully saturated rings. The maximum Gasteiger partial charge on any atom is 0.257 e. The number of rotatable bonds is 5. The Labute approximate surface area is 129 Å². The Morgan fingerprint density at radius 2 is 1.62 bits per heavy atom. The van der Waals surface area contributed by atoms with Crippen molar-refractivity contribution in [1.29, 1.82) is 0 Å². The minimum atomic E-state index is -0.225. The van der Waals surface area contributed by atoms with Gasteiger partial charge < -0.3 is 10.1 Å². The van der Waals surface area contributed by atoms with E-state index < -0.39 is 0 Å². The topological polar surface area (TPSA) is 50.4 Å². The monoisotopic (exact) mass is 300 g/mol. The van der Waals surface area contributed by atoms with Crippen LogP contribution in [0.5, 0.6) is 5.75 Å². The summed E-state index contributed by atoms with van der Waals surface area (Å²) in [6, 6.07) is 18.4. The fraction of sp³-hybridized carbons (Fsp3) is 0.125. The van der Waals surface area contributed by atoms with Gasteiger partial charge in [0, 0.05) is 5.56 Å². The van der Waals surface area contributed by atoms with Crippen LogP contribution < -0.4 is 15.4 Å². The molecule has 0 atom stereocenters. The third-order valence-corrected chi connectivity index (χ3v) is 2.91. The molecule has 21 heavy (non-hydrogen) atoms. The van der Waals surface area contributed by atoms with E-state index in [0.717, 1.165) is 5.75 Å². The van der Waals surface area contributed by atoms with Gasteiger partial charge in [0.25, 0.3) is 5.91 Å². The summed E-state index contributed by atoms with van der Waals surface area (Å²) in [6.45, 7) is 0.980. The molecule has 0 heterocycles. The highest BCUT2D eigenvalue weighted by molar-refractivity contribution is 7.80. The van der Waals surface area contributed by atoms with Crippen molar-refractivity contribution in [2.24, 2.45) is 0 Å². The first-order chi connectivity index (χ1) is 10.3. The Morgan fingerprint density at radius 1 is 1.00 bits per heavy atom. The highest BCUT2D eigenvalue weighted by atomic mass is 32.1. The molecule has 0 aromatic heterocycles. The van der Waals surface area contributed by atoms with Gasteiger partial charge in [0.1, 0.15) is 12.4 Å². The van der Waals surface area contributed by atoms with E-state index in [9.17, 15) is 4.79 Å². The van der Waals surface area contributed by atoms with Gasteiger partial charge in [0.2, 0.25) is 0 Å². The Morgan fingerprint density at radius 3 is 2.29 bits per heavy atom. The molecule has 0 aliphatic heterocycles. The molecular formula is C16H16N2O2S. The summed E-state index contributed by atoms with van der Waals surface area (Å²) in [4.78, 5) is 11.8. The maximum absolute atomic E-state index is 11.8. The van der Waals surface area contributed by atoms with Crippen LogP contribution in [0.3, 0.4) is 0 Å². The average molecular weight is 300 g/mol. The zero-order valence-corrected chi connectivity index (χ0v) is 12.2. The lowest BCUT2D eigenvalue weighted by atomic mass is 10.2. The van der Waals surface area contributed by atoms with Crippen molar-refractivity contribution in [3.05, 3.63) is 66.2 Å². The summed E-state index contributed by atoms with van der Waals surface area (Å²) in [6.07, 6.45) is 0. The van der Waals surface area contributed by atoms with Crippen molar-refractivity contribution in [1.82, 2.24) is 10.6 Å². The highest BCUT2D eigenvalue weighted by Crippen LogP contribution is 2.07. The van der Waals surface area contributed by atoms with Gasteiger partial charge in [0.15, 0.2) is 5.11 Å². The Hall–Kier alpha value is -2.40. The largest absolute Gasteiger partial charge is 0.492 e. The van der Waals surface area contributed by atoms with Crippen LogP contribution in [0.15, 0.2) is 60.7 Å². The highest BCUT2D eigenvalue weighted by Gasteiger charge is 2.06. The Bertz CT molecular complexity index is 588. The Kier molecular flexibility index (Phi) is 5.72. The standard InChI is InChI=1S/C16H16N2O2S/c19-15(13-7-3-1-4-8-13)18-16(21)17-11-12-20-14-9-5-2-6-10-14/h1-10H,11-12H2,(H2,17,18,19,21). The fourth-order valence-electron chi connectivity index (χ4n) is 1.66. The van der Waals surface area contributed by atoms with E-state index in [1.165, 1.54) is 0 Å². The van der Waals surface area contributed by atoms with Crippen molar-refractivity contribution in [2.45, 2.75) is 0 Å². The molecule has 0 aliphatic rings. The van der Waals surface area contributed by atoms with Crippen LogP contribution in [0.4, 0.5) is 0 Å². The molecule has 108 valence electrons. The Balaban J connectivity index is 1.67. The summed E-state index contributed by atoms with van der Waals surface area (Å²) >= 11 is 5.06. The first-order valence-electron chi connectivity index (χ1n) is 6.58. The van der Waals surface area contributed by atoms with Gasteiger partial charge in [-0.3, -0.25) is 10.1 Å². The van der Waals surface area contributed by atoms with Crippen LogP contribution in [0.2, 0.25) is 0 Å². The van der Waals surface area contributed by atoms with Crippen LogP contribution in [-0.2, 0) is 0 Å². The van der Waals surface area contributed by atoms with Gasteiger partial charge in [-0.1, -0.05) is 36.4 Å². The molecule has 2 N–H and O–H groups in total. The fourth-order valence-corrected chi connectivity index (χ4v) is 1.85. The number of carbonyl (C=O) groups excluding carboxylic acids is 1. The second-order valence-corrected chi connectivity index (χ2v) is 4.65. The van der Waals surface area contributed by atoms with Crippen LogP contribution in [0.1, 0.15) is 10.4 Å². The quantitative estimate of drug-likeness (QED) is 0.657. The SMILES string of the molecule is O=C(NC(=S)NCCOc1ccccc1)c1ccccc1. The first-order valence-corrected chi connectivity index (χ1v) is 6.98. The van der Waals surface area contributed by atoms with Crippen LogP contribution in [-0.4, -0.2) is 24.2 Å². The summed E-state index contributed by atoms with van der Waals surface area (Å²) in [7, 11) is 0. The molecule has 1 amide bonds. The lowest BCUT2D eigenvalue weighted by Crippen LogP contribution is -2.40. The summed E-state index contributed by atoms with van der Waals surface area (Å²) < 4.78 is 5.51. The third kappa shape index (κ3) is 5.24. The minimum Gasteiger partial charge on any atom is -0.492 e. The zero-order valence-electron chi connectivity index (χ0n) is 11.4. The molecule has 2 aromatic rings. The smallest absolute Gasteiger partial charge is 0.257 e. The number of thiocarbonyl (C=S) groups is 1. The van der Waals surface area contributed by atoms with E-state index in [0.29, 0.717) is 23.8 Å². The predicted molar refractivity (Wildman–Crippen MR) is 86.4 cm³/mol. The molecule has 0 bridgehead atoms. The number of ether oxygens (including phenoxy) is 1. The van der Waals surface area contributed by atoms with Gasteiger partial charge in [-0.15, -0.1) is 0 Å². The lowest BCUT2D eigenvalue weighted by Gasteiger charge is -2.10. The van der Waals surface area contributed by atoms with Crippen LogP contribution >= 0.6 is 12.2 Å². The third-order valence-electron chi connectivity index (χ3n) is 2.66. The second kappa shape index (κ2) is 8.01. The number of nitrogens with one attached hydrogen (secondary N) is 2. The van der Waals surface area contributed by atoms with Gasteiger partial charge >= 0.3 is 0 Å². The summed E-state index contributed by atoms with van der Waals surface area (Å²) in [5.41, 5.74) is 0.571. The maximum atomic E-state index is 11.8. The van der Waals surface area contributed by atoms with E-state index >= 15 is 0 Å². The molecule has 5 heteroatoms. The van der Waals surface area contributed by atoms with E-state index in [4.69, 9.17) is 17.0 Å². The molecule has 0 aliphatic carbocycles. The van der Waals surface area contributed by atoms with Gasteiger partial charge in [-0.25, -0.2) is 0 Å². The molecule has 0 saturated carbocycles. The number of carbonyl (C=O) groups is 1. The van der Waals surface area contributed by atoms with E-state index in [-0.39, 0.29) is 5.91 Å². The molecule has 0 spiro atoms. The number of amides is 1. The van der Waals surface area contributed by atoms with Crippen molar-refractivity contribution < 1.29 is 9.53 Å². The van der Waals surface area contributed by atoms with Crippen molar-refractivity contribution >= 4 is 23.2 Å². The molecule has 2 rings (SSSR count). The first kappa shape index (κ1) is 15.0. The number of hydrogen-bond donors (Lipinski definition) is 2. The lowest BCUT2D eigenvalue weighted by molar-refractivity contribution is 0.0976. The van der Waals surface area contributed by atoms with Crippen LogP contribution in [0, 0.1) is 0 Å². The van der Waals surface area contributed by atoms with Gasteiger partial charge in [-0.2, -0.15) is 0 Å². The molecule has 4 nitrogen and oxygen atoms in total. The molecule has 0 saturated heterocycles. The molecule has 0 unspecified atom stereocenters. The minimum absolute atomic E-state index is 0.225. The second-order valence-electron chi connectivity index (χ2n) is 4.24. The number of para-hydroxylation sites is 1. The summed E-state index contributed by atoms with van der Waals surface area (Å²) in [5, 5.41) is 5.84. The van der Waals surface area contributed by atoms with E-state index in [1.807, 2.05) is 36.4 Å². The molecule has 2 aromatic carbocycles. The number of benzene rings is 2. The number of hydrogen-bond acceptors (Lipinski definition) is 3. The zero-order chi connectivity index (χ0) is 14.9. The predicted octanol–water partition coefficient (Wildman–Crippen LogP) is 2.37.